The van der Waals surface area contributed by atoms with Crippen LogP contribution in [-0.2, 0) is 13.1 Å². The summed E-state index contributed by atoms with van der Waals surface area (Å²) in [6.07, 6.45) is 0. The first kappa shape index (κ1) is 15.2. The van der Waals surface area contributed by atoms with Gasteiger partial charge in [0.05, 0.1) is 14.2 Å². The van der Waals surface area contributed by atoms with Crippen LogP contribution in [0.1, 0.15) is 11.1 Å². The van der Waals surface area contributed by atoms with Crippen LogP contribution in [0.2, 0.25) is 0 Å². The maximum Gasteiger partial charge on any atom is 0.120 e. The van der Waals surface area contributed by atoms with E-state index < -0.39 is 0 Å². The molecule has 112 valence electrons. The molecular formula is C17H22N2O2. The summed E-state index contributed by atoms with van der Waals surface area (Å²) in [5.74, 6) is 1.70. The van der Waals surface area contributed by atoms with Crippen LogP contribution in [0.15, 0.2) is 42.5 Å². The Morgan fingerprint density at radius 1 is 0.952 bits per heavy atom. The van der Waals surface area contributed by atoms with Gasteiger partial charge in [-0.15, -0.1) is 0 Å². The van der Waals surface area contributed by atoms with E-state index in [9.17, 15) is 0 Å². The van der Waals surface area contributed by atoms with E-state index in [1.54, 1.807) is 14.2 Å². The number of methoxy groups -OCH3 is 2. The van der Waals surface area contributed by atoms with E-state index in [0.717, 1.165) is 29.3 Å². The molecule has 0 aromatic heterocycles. The minimum absolute atomic E-state index is 0.506. The molecule has 0 heterocycles. The molecule has 0 saturated carbocycles. The Morgan fingerprint density at radius 3 is 2.14 bits per heavy atom. The molecule has 0 aliphatic carbocycles. The fourth-order valence-corrected chi connectivity index (χ4v) is 2.29. The molecule has 0 radical (unpaired) electrons. The topological polar surface area (TPSA) is 47.7 Å². The molecule has 0 atom stereocenters. The van der Waals surface area contributed by atoms with Gasteiger partial charge in [-0.25, -0.2) is 0 Å². The molecule has 0 spiro atoms. The maximum atomic E-state index is 5.83. The number of nitrogens with zero attached hydrogens (tertiary/aromatic N) is 1. The maximum absolute atomic E-state index is 5.83. The fourth-order valence-electron chi connectivity index (χ4n) is 2.29. The molecule has 0 aliphatic rings. The lowest BCUT2D eigenvalue weighted by molar-refractivity contribution is 0.414. The Balaban J connectivity index is 2.20. The Morgan fingerprint density at radius 2 is 1.57 bits per heavy atom. The molecule has 2 rings (SSSR count). The zero-order valence-corrected chi connectivity index (χ0v) is 12.8. The van der Waals surface area contributed by atoms with Gasteiger partial charge in [0, 0.05) is 31.9 Å². The number of benzene rings is 2. The van der Waals surface area contributed by atoms with E-state index in [2.05, 4.69) is 24.1 Å². The molecule has 0 bridgehead atoms. The SMILES string of the molecule is COc1ccc(CN(C)c2cc(OC)ccc2CN)cc1. The molecule has 2 aromatic rings. The Labute approximate surface area is 126 Å². The Hall–Kier alpha value is -2.20. The van der Waals surface area contributed by atoms with Gasteiger partial charge in [-0.3, -0.25) is 0 Å². The lowest BCUT2D eigenvalue weighted by Gasteiger charge is -2.23. The van der Waals surface area contributed by atoms with Crippen LogP contribution in [0.25, 0.3) is 0 Å². The van der Waals surface area contributed by atoms with Gasteiger partial charge in [0.1, 0.15) is 11.5 Å². The third kappa shape index (κ3) is 3.67. The standard InChI is InChI=1S/C17H22N2O2/c1-19(12-13-4-7-15(20-2)8-5-13)17-10-16(21-3)9-6-14(17)11-18/h4-10H,11-12,18H2,1-3H3. The van der Waals surface area contributed by atoms with E-state index >= 15 is 0 Å². The monoisotopic (exact) mass is 286 g/mol. The van der Waals surface area contributed by atoms with Gasteiger partial charge in [0.15, 0.2) is 0 Å². The second-order valence-electron chi connectivity index (χ2n) is 4.90. The second-order valence-corrected chi connectivity index (χ2v) is 4.90. The molecule has 0 aliphatic heterocycles. The zero-order valence-electron chi connectivity index (χ0n) is 12.8. The van der Waals surface area contributed by atoms with Gasteiger partial charge in [0.25, 0.3) is 0 Å². The summed E-state index contributed by atoms with van der Waals surface area (Å²) in [4.78, 5) is 2.17. The quantitative estimate of drug-likeness (QED) is 0.887. The number of hydrogen-bond acceptors (Lipinski definition) is 4. The summed E-state index contributed by atoms with van der Waals surface area (Å²) >= 11 is 0. The van der Waals surface area contributed by atoms with E-state index in [4.69, 9.17) is 15.2 Å². The minimum atomic E-state index is 0.506. The van der Waals surface area contributed by atoms with Crippen molar-refractivity contribution >= 4 is 5.69 Å². The number of nitrogens with two attached hydrogens (primary N) is 1. The van der Waals surface area contributed by atoms with Crippen LogP contribution < -0.4 is 20.1 Å². The highest BCUT2D eigenvalue weighted by Gasteiger charge is 2.09. The predicted molar refractivity (Wildman–Crippen MR) is 86.0 cm³/mol. The van der Waals surface area contributed by atoms with Crippen molar-refractivity contribution in [1.82, 2.24) is 0 Å². The van der Waals surface area contributed by atoms with E-state index in [1.807, 2.05) is 30.3 Å². The molecule has 0 saturated heterocycles. The minimum Gasteiger partial charge on any atom is -0.497 e. The van der Waals surface area contributed by atoms with Crippen molar-refractivity contribution in [3.63, 3.8) is 0 Å². The van der Waals surface area contributed by atoms with Crippen molar-refractivity contribution in [1.29, 1.82) is 0 Å². The first-order chi connectivity index (χ1) is 10.2. The Bertz CT molecular complexity index is 582. The number of ether oxygens (including phenoxy) is 2. The van der Waals surface area contributed by atoms with Gasteiger partial charge < -0.3 is 20.1 Å². The van der Waals surface area contributed by atoms with Gasteiger partial charge in [-0.2, -0.15) is 0 Å². The first-order valence-electron chi connectivity index (χ1n) is 6.89. The van der Waals surface area contributed by atoms with Crippen molar-refractivity contribution in [2.75, 3.05) is 26.2 Å². The number of anilines is 1. The van der Waals surface area contributed by atoms with Crippen LogP contribution in [0.3, 0.4) is 0 Å². The molecule has 4 nitrogen and oxygen atoms in total. The lowest BCUT2D eigenvalue weighted by atomic mass is 10.1. The first-order valence-corrected chi connectivity index (χ1v) is 6.89. The number of hydrogen-bond donors (Lipinski definition) is 1. The third-order valence-corrected chi connectivity index (χ3v) is 3.50. The molecule has 0 fully saturated rings. The van der Waals surface area contributed by atoms with Crippen molar-refractivity contribution < 1.29 is 9.47 Å². The van der Waals surface area contributed by atoms with Crippen molar-refractivity contribution in [3.05, 3.63) is 53.6 Å². The van der Waals surface area contributed by atoms with Crippen LogP contribution in [-0.4, -0.2) is 21.3 Å². The highest BCUT2D eigenvalue weighted by atomic mass is 16.5. The normalized spacial score (nSPS) is 10.3. The molecular weight excluding hydrogens is 264 g/mol. The van der Waals surface area contributed by atoms with Crippen molar-refractivity contribution in [3.8, 4) is 11.5 Å². The predicted octanol–water partition coefficient (Wildman–Crippen LogP) is 2.80. The van der Waals surface area contributed by atoms with Crippen LogP contribution in [0.5, 0.6) is 11.5 Å². The van der Waals surface area contributed by atoms with Crippen LogP contribution in [0, 0.1) is 0 Å². The fraction of sp³-hybridized carbons (Fsp3) is 0.294. The summed E-state index contributed by atoms with van der Waals surface area (Å²) in [6.45, 7) is 1.30. The van der Waals surface area contributed by atoms with Gasteiger partial charge in [-0.1, -0.05) is 18.2 Å². The smallest absolute Gasteiger partial charge is 0.120 e. The van der Waals surface area contributed by atoms with Crippen LogP contribution >= 0.6 is 0 Å². The summed E-state index contributed by atoms with van der Waals surface area (Å²) in [6, 6.07) is 14.0. The third-order valence-electron chi connectivity index (χ3n) is 3.50. The molecule has 21 heavy (non-hydrogen) atoms. The number of rotatable bonds is 6. The summed E-state index contributed by atoms with van der Waals surface area (Å²) < 4.78 is 10.5. The summed E-state index contributed by atoms with van der Waals surface area (Å²) in [5.41, 5.74) is 9.23. The molecule has 0 unspecified atom stereocenters. The molecule has 2 N–H and O–H groups in total. The van der Waals surface area contributed by atoms with Gasteiger partial charge in [-0.05, 0) is 29.3 Å². The highest BCUT2D eigenvalue weighted by Crippen LogP contribution is 2.26. The summed E-state index contributed by atoms with van der Waals surface area (Å²) in [5, 5.41) is 0. The average molecular weight is 286 g/mol. The van der Waals surface area contributed by atoms with Gasteiger partial charge in [0.2, 0.25) is 0 Å². The second kappa shape index (κ2) is 6.99. The Kier molecular flexibility index (Phi) is 5.06. The zero-order chi connectivity index (χ0) is 15.2. The van der Waals surface area contributed by atoms with E-state index in [1.165, 1.54) is 5.56 Å². The summed E-state index contributed by atoms with van der Waals surface area (Å²) in [7, 11) is 5.40. The highest BCUT2D eigenvalue weighted by molar-refractivity contribution is 5.57. The van der Waals surface area contributed by atoms with Crippen molar-refractivity contribution in [2.24, 2.45) is 5.73 Å². The molecule has 2 aromatic carbocycles. The lowest BCUT2D eigenvalue weighted by Crippen LogP contribution is -2.19. The van der Waals surface area contributed by atoms with Gasteiger partial charge >= 0.3 is 0 Å². The molecule has 0 amide bonds. The average Bonchev–Trinajstić information content (AvgIpc) is 2.54. The van der Waals surface area contributed by atoms with Crippen molar-refractivity contribution in [2.45, 2.75) is 13.1 Å². The van der Waals surface area contributed by atoms with E-state index in [-0.39, 0.29) is 0 Å². The molecule has 4 heteroatoms. The van der Waals surface area contributed by atoms with E-state index in [0.29, 0.717) is 6.54 Å². The van der Waals surface area contributed by atoms with Crippen LogP contribution in [0.4, 0.5) is 5.69 Å². The largest absolute Gasteiger partial charge is 0.497 e.